The van der Waals surface area contributed by atoms with Gasteiger partial charge in [-0.05, 0) is 30.7 Å². The Hall–Kier alpha value is -1.98. The Kier molecular flexibility index (Phi) is 3.51. The van der Waals surface area contributed by atoms with Crippen LogP contribution in [0.2, 0.25) is 0 Å². The number of pyridine rings is 1. The summed E-state index contributed by atoms with van der Waals surface area (Å²) in [6.07, 6.45) is -4.38. The van der Waals surface area contributed by atoms with E-state index in [-0.39, 0.29) is 5.75 Å². The molecule has 1 aromatic carbocycles. The third-order valence-electron chi connectivity index (χ3n) is 2.57. The summed E-state index contributed by atoms with van der Waals surface area (Å²) in [6, 6.07) is 8.37. The van der Waals surface area contributed by atoms with Gasteiger partial charge in [-0.3, -0.25) is 0 Å². The smallest absolute Gasteiger partial charge is 0.416 e. The molecule has 0 aliphatic rings. The van der Waals surface area contributed by atoms with Gasteiger partial charge in [0.05, 0.1) is 5.56 Å². The molecule has 6 heteroatoms. The SMILES string of the molecule is Bc1ccc(C)c(Oc2cccc(C(F)(F)F)c2)n1. The van der Waals surface area contributed by atoms with Crippen LogP contribution in [0.15, 0.2) is 36.4 Å². The summed E-state index contributed by atoms with van der Waals surface area (Å²) in [5.41, 5.74) is 0.769. The van der Waals surface area contributed by atoms with E-state index in [1.807, 2.05) is 12.1 Å². The topological polar surface area (TPSA) is 22.1 Å². The lowest BCUT2D eigenvalue weighted by Crippen LogP contribution is -2.09. The largest absolute Gasteiger partial charge is 0.439 e. The van der Waals surface area contributed by atoms with Gasteiger partial charge < -0.3 is 4.74 Å². The molecule has 0 amide bonds. The van der Waals surface area contributed by atoms with Crippen LogP contribution in [0.25, 0.3) is 0 Å². The molecule has 0 unspecified atom stereocenters. The number of aryl methyl sites for hydroxylation is 1. The molecule has 1 aromatic heterocycles. The number of ether oxygens (including phenoxy) is 1. The van der Waals surface area contributed by atoms with Crippen molar-refractivity contribution in [2.75, 3.05) is 0 Å². The Morgan fingerprint density at radius 1 is 1.16 bits per heavy atom. The normalized spacial score (nSPS) is 11.4. The first-order valence-electron chi connectivity index (χ1n) is 5.65. The zero-order chi connectivity index (χ0) is 14.0. The second-order valence-corrected chi connectivity index (χ2v) is 4.20. The maximum Gasteiger partial charge on any atom is 0.416 e. The zero-order valence-electron chi connectivity index (χ0n) is 10.5. The van der Waals surface area contributed by atoms with Gasteiger partial charge in [0.1, 0.15) is 5.75 Å². The molecule has 0 aliphatic carbocycles. The van der Waals surface area contributed by atoms with E-state index in [1.54, 1.807) is 14.8 Å². The lowest BCUT2D eigenvalue weighted by atomic mass is 10.0. The average molecular weight is 265 g/mol. The predicted octanol–water partition coefficient (Wildman–Crippen LogP) is 2.46. The number of hydrogen-bond acceptors (Lipinski definition) is 2. The molecular formula is C13H11BF3NO. The van der Waals surface area contributed by atoms with Crippen LogP contribution in [-0.2, 0) is 6.18 Å². The van der Waals surface area contributed by atoms with Crippen molar-refractivity contribution in [2.24, 2.45) is 0 Å². The minimum Gasteiger partial charge on any atom is -0.439 e. The van der Waals surface area contributed by atoms with Gasteiger partial charge in [0.15, 0.2) is 7.85 Å². The third kappa shape index (κ3) is 3.27. The molecule has 19 heavy (non-hydrogen) atoms. The molecule has 0 fully saturated rings. The third-order valence-corrected chi connectivity index (χ3v) is 2.57. The quantitative estimate of drug-likeness (QED) is 0.778. The molecular weight excluding hydrogens is 254 g/mol. The van der Waals surface area contributed by atoms with Gasteiger partial charge in [-0.1, -0.05) is 18.2 Å². The number of nitrogens with zero attached hydrogens (tertiary/aromatic N) is 1. The van der Waals surface area contributed by atoms with Crippen molar-refractivity contribution in [2.45, 2.75) is 13.1 Å². The molecule has 0 bridgehead atoms. The van der Waals surface area contributed by atoms with E-state index in [0.29, 0.717) is 5.88 Å². The fraction of sp³-hybridized carbons (Fsp3) is 0.154. The Morgan fingerprint density at radius 2 is 1.89 bits per heavy atom. The van der Waals surface area contributed by atoms with Crippen molar-refractivity contribution in [3.05, 3.63) is 47.5 Å². The molecule has 2 aromatic rings. The molecule has 0 spiro atoms. The first-order valence-corrected chi connectivity index (χ1v) is 5.65. The average Bonchev–Trinajstić information content (AvgIpc) is 2.33. The summed E-state index contributed by atoms with van der Waals surface area (Å²) in [5, 5.41) is 0. The Bertz CT molecular complexity index is 599. The van der Waals surface area contributed by atoms with E-state index in [1.165, 1.54) is 12.1 Å². The van der Waals surface area contributed by atoms with Crippen LogP contribution in [-0.4, -0.2) is 12.8 Å². The van der Waals surface area contributed by atoms with Crippen LogP contribution >= 0.6 is 0 Å². The van der Waals surface area contributed by atoms with Crippen LogP contribution in [0.1, 0.15) is 11.1 Å². The number of hydrogen-bond donors (Lipinski definition) is 0. The van der Waals surface area contributed by atoms with E-state index in [9.17, 15) is 13.2 Å². The summed E-state index contributed by atoms with van der Waals surface area (Å²) >= 11 is 0. The Morgan fingerprint density at radius 3 is 2.58 bits per heavy atom. The summed E-state index contributed by atoms with van der Waals surface area (Å²) in [7, 11) is 1.79. The molecule has 0 saturated heterocycles. The molecule has 0 saturated carbocycles. The second kappa shape index (κ2) is 4.95. The minimum absolute atomic E-state index is 0.121. The van der Waals surface area contributed by atoms with Crippen molar-refractivity contribution in [3.8, 4) is 11.6 Å². The highest BCUT2D eigenvalue weighted by Crippen LogP contribution is 2.32. The lowest BCUT2D eigenvalue weighted by Gasteiger charge is -2.11. The van der Waals surface area contributed by atoms with Crippen LogP contribution in [0.5, 0.6) is 11.6 Å². The molecule has 1 heterocycles. The van der Waals surface area contributed by atoms with Gasteiger partial charge in [-0.15, -0.1) is 0 Å². The van der Waals surface area contributed by atoms with Crippen molar-refractivity contribution < 1.29 is 17.9 Å². The predicted molar refractivity (Wildman–Crippen MR) is 68.7 cm³/mol. The first kappa shape index (κ1) is 13.5. The van der Waals surface area contributed by atoms with Gasteiger partial charge in [0.2, 0.25) is 5.88 Å². The van der Waals surface area contributed by atoms with Crippen molar-refractivity contribution in [1.82, 2.24) is 4.98 Å². The molecule has 2 nitrogen and oxygen atoms in total. The van der Waals surface area contributed by atoms with Crippen molar-refractivity contribution in [1.29, 1.82) is 0 Å². The summed E-state index contributed by atoms with van der Waals surface area (Å²) < 4.78 is 43.2. The summed E-state index contributed by atoms with van der Waals surface area (Å²) in [6.45, 7) is 1.79. The van der Waals surface area contributed by atoms with E-state index >= 15 is 0 Å². The fourth-order valence-corrected chi connectivity index (χ4v) is 1.55. The number of alkyl halides is 3. The highest BCUT2D eigenvalue weighted by atomic mass is 19.4. The van der Waals surface area contributed by atoms with Crippen LogP contribution in [0, 0.1) is 6.92 Å². The van der Waals surface area contributed by atoms with Gasteiger partial charge in [-0.2, -0.15) is 13.2 Å². The van der Waals surface area contributed by atoms with Crippen molar-refractivity contribution in [3.63, 3.8) is 0 Å². The maximum atomic E-state index is 12.6. The highest BCUT2D eigenvalue weighted by molar-refractivity contribution is 6.30. The van der Waals surface area contributed by atoms with E-state index in [4.69, 9.17) is 4.74 Å². The molecule has 0 aliphatic heterocycles. The molecule has 0 N–H and O–H groups in total. The molecule has 98 valence electrons. The number of rotatable bonds is 2. The zero-order valence-corrected chi connectivity index (χ0v) is 10.5. The number of aromatic nitrogens is 1. The molecule has 0 atom stereocenters. The Labute approximate surface area is 109 Å². The van der Waals surface area contributed by atoms with Gasteiger partial charge in [0, 0.05) is 5.56 Å². The number of halogens is 3. The lowest BCUT2D eigenvalue weighted by molar-refractivity contribution is -0.137. The second-order valence-electron chi connectivity index (χ2n) is 4.20. The molecule has 0 radical (unpaired) electrons. The fourth-order valence-electron chi connectivity index (χ4n) is 1.55. The maximum absolute atomic E-state index is 12.6. The van der Waals surface area contributed by atoms with Crippen LogP contribution < -0.4 is 10.3 Å². The first-order chi connectivity index (χ1) is 8.86. The van der Waals surface area contributed by atoms with Crippen LogP contribution in [0.3, 0.4) is 0 Å². The monoisotopic (exact) mass is 265 g/mol. The number of benzene rings is 1. The Balaban J connectivity index is 2.31. The summed E-state index contributed by atoms with van der Waals surface area (Å²) in [4.78, 5) is 4.16. The standard InChI is InChI=1S/C13H11BF3NO/c1-8-5-6-11(14)18-12(8)19-10-4-2-3-9(7-10)13(15,16)17/h2-7H,14H2,1H3. The van der Waals surface area contributed by atoms with Gasteiger partial charge in [-0.25, -0.2) is 4.98 Å². The van der Waals surface area contributed by atoms with E-state index < -0.39 is 11.7 Å². The van der Waals surface area contributed by atoms with E-state index in [0.717, 1.165) is 23.3 Å². The highest BCUT2D eigenvalue weighted by Gasteiger charge is 2.30. The van der Waals surface area contributed by atoms with Gasteiger partial charge >= 0.3 is 6.18 Å². The van der Waals surface area contributed by atoms with Crippen LogP contribution in [0.4, 0.5) is 13.2 Å². The summed E-state index contributed by atoms with van der Waals surface area (Å²) in [5.74, 6) is 0.440. The molecule has 2 rings (SSSR count). The van der Waals surface area contributed by atoms with Crippen molar-refractivity contribution >= 4 is 13.4 Å². The van der Waals surface area contributed by atoms with E-state index in [2.05, 4.69) is 4.98 Å². The minimum atomic E-state index is -4.38. The van der Waals surface area contributed by atoms with Gasteiger partial charge in [0.25, 0.3) is 0 Å².